The predicted molar refractivity (Wildman–Crippen MR) is 161 cm³/mol. The summed E-state index contributed by atoms with van der Waals surface area (Å²) >= 11 is 0. The van der Waals surface area contributed by atoms with Crippen LogP contribution in [0.4, 0.5) is 40.8 Å². The first-order chi connectivity index (χ1) is 21.3. The quantitative estimate of drug-likeness (QED) is 0.360. The molecule has 0 atom stereocenters. The molecule has 3 aliphatic heterocycles. The first kappa shape index (κ1) is 28.3. The molecule has 0 aliphatic carbocycles. The Morgan fingerprint density at radius 3 is 2.43 bits per heavy atom. The number of benzene rings is 1. The summed E-state index contributed by atoms with van der Waals surface area (Å²) in [5.41, 5.74) is 2.90. The molecule has 0 saturated carbocycles. The first-order valence-corrected chi connectivity index (χ1v) is 14.6. The molecule has 6 heterocycles. The van der Waals surface area contributed by atoms with Crippen LogP contribution in [-0.4, -0.2) is 85.4 Å². The second kappa shape index (κ2) is 11.2. The molecular weight excluding hydrogens is 573 g/mol. The van der Waals surface area contributed by atoms with Gasteiger partial charge in [-0.05, 0) is 42.5 Å². The van der Waals surface area contributed by atoms with Gasteiger partial charge in [0.2, 0.25) is 0 Å². The number of aromatic nitrogens is 3. The predicted octanol–water partition coefficient (Wildman–Crippen LogP) is 4.66. The SMILES string of the molecule is CN1Cc2cnc3ccc(-c4ccc(N5CCOCC5)nc4)nc3c2N(c2ccc(N3CCNCC3)c(C(F)(F)F)c2)C1=O. The summed E-state index contributed by atoms with van der Waals surface area (Å²) in [5.74, 6) is 0.849. The normalized spacial score (nSPS) is 17.8. The van der Waals surface area contributed by atoms with Gasteiger partial charge in [-0.3, -0.25) is 9.88 Å². The summed E-state index contributed by atoms with van der Waals surface area (Å²) in [6.45, 7) is 5.21. The van der Waals surface area contributed by atoms with Crippen LogP contribution in [0.3, 0.4) is 0 Å². The minimum atomic E-state index is -4.62. The molecule has 0 unspecified atom stereocenters. The number of anilines is 4. The number of amides is 2. The zero-order valence-corrected chi connectivity index (χ0v) is 24.1. The number of urea groups is 1. The average molecular weight is 605 g/mol. The number of morpholine rings is 1. The molecule has 10 nitrogen and oxygen atoms in total. The van der Waals surface area contributed by atoms with Gasteiger partial charge in [0, 0.05) is 75.5 Å². The topological polar surface area (TPSA) is 90.0 Å². The van der Waals surface area contributed by atoms with Gasteiger partial charge in [0.25, 0.3) is 0 Å². The van der Waals surface area contributed by atoms with Crippen molar-refractivity contribution in [1.82, 2.24) is 25.2 Å². The van der Waals surface area contributed by atoms with Gasteiger partial charge in [0.15, 0.2) is 0 Å². The van der Waals surface area contributed by atoms with E-state index in [9.17, 15) is 18.0 Å². The van der Waals surface area contributed by atoms with Gasteiger partial charge in [-0.1, -0.05) is 0 Å². The summed E-state index contributed by atoms with van der Waals surface area (Å²) in [7, 11) is 1.62. The summed E-state index contributed by atoms with van der Waals surface area (Å²) in [4.78, 5) is 34.5. The molecule has 1 N–H and O–H groups in total. The highest BCUT2D eigenvalue weighted by atomic mass is 19.4. The Morgan fingerprint density at radius 2 is 1.70 bits per heavy atom. The van der Waals surface area contributed by atoms with E-state index in [2.05, 4.69) is 20.2 Å². The van der Waals surface area contributed by atoms with Crippen LogP contribution in [0.1, 0.15) is 11.1 Å². The van der Waals surface area contributed by atoms with Crippen LogP contribution >= 0.6 is 0 Å². The van der Waals surface area contributed by atoms with E-state index >= 15 is 0 Å². The van der Waals surface area contributed by atoms with E-state index in [0.717, 1.165) is 30.5 Å². The minimum absolute atomic E-state index is 0.105. The number of carbonyl (C=O) groups excluding carboxylic acids is 1. The number of carbonyl (C=O) groups is 1. The fraction of sp³-hybridized carbons (Fsp3) is 0.355. The molecule has 3 aromatic heterocycles. The van der Waals surface area contributed by atoms with Crippen LogP contribution in [0, 0.1) is 0 Å². The number of halogens is 3. The molecule has 228 valence electrons. The number of rotatable bonds is 4. The van der Waals surface area contributed by atoms with E-state index in [0.29, 0.717) is 67.4 Å². The molecule has 2 amide bonds. The van der Waals surface area contributed by atoms with Crippen molar-refractivity contribution in [2.75, 3.05) is 74.2 Å². The number of fused-ring (bicyclic) bond motifs is 3. The van der Waals surface area contributed by atoms with E-state index in [1.165, 1.54) is 15.9 Å². The molecule has 2 saturated heterocycles. The van der Waals surface area contributed by atoms with Crippen molar-refractivity contribution >= 4 is 39.9 Å². The zero-order chi connectivity index (χ0) is 30.4. The largest absolute Gasteiger partial charge is 0.418 e. The Bertz CT molecular complexity index is 1700. The van der Waals surface area contributed by atoms with Crippen molar-refractivity contribution in [3.05, 3.63) is 66.0 Å². The molecule has 0 radical (unpaired) electrons. The Hall–Kier alpha value is -4.49. The summed E-state index contributed by atoms with van der Waals surface area (Å²) in [5, 5.41) is 3.17. The second-order valence-corrected chi connectivity index (χ2v) is 11.1. The van der Waals surface area contributed by atoms with Crippen LogP contribution in [0.15, 0.2) is 54.9 Å². The molecule has 13 heteroatoms. The lowest BCUT2D eigenvalue weighted by molar-refractivity contribution is -0.137. The van der Waals surface area contributed by atoms with Gasteiger partial charge in [-0.2, -0.15) is 13.2 Å². The first-order valence-electron chi connectivity index (χ1n) is 14.6. The summed E-state index contributed by atoms with van der Waals surface area (Å²) in [6, 6.07) is 11.2. The molecule has 0 bridgehead atoms. The number of pyridine rings is 3. The Kier molecular flexibility index (Phi) is 7.21. The number of nitrogens with zero attached hydrogens (tertiary/aromatic N) is 7. The summed E-state index contributed by atoms with van der Waals surface area (Å²) in [6.07, 6.45) is -1.20. The molecule has 4 aromatic rings. The van der Waals surface area contributed by atoms with Gasteiger partial charge in [0.05, 0.1) is 47.9 Å². The highest BCUT2D eigenvalue weighted by molar-refractivity contribution is 6.08. The standard InChI is InChI=1S/C31H31F3N8O2/c1-39-19-21-18-36-25-5-4-24(20-2-7-27(37-17-20)41-12-14-44-15-13-41)38-28(25)29(21)42(30(39)43)22-3-6-26(23(16-22)31(32,33)34)40-10-8-35-9-11-40/h2-7,16-18,35H,8-15,19H2,1H3. The molecular formula is C31H31F3N8O2. The third-order valence-electron chi connectivity index (χ3n) is 8.29. The summed E-state index contributed by atoms with van der Waals surface area (Å²) < 4.78 is 48.8. The van der Waals surface area contributed by atoms with Gasteiger partial charge in [-0.25, -0.2) is 14.8 Å². The molecule has 3 aliphatic rings. The number of nitrogens with one attached hydrogen (secondary N) is 1. The third-order valence-corrected chi connectivity index (χ3v) is 8.29. The van der Waals surface area contributed by atoms with E-state index in [1.807, 2.05) is 24.3 Å². The van der Waals surface area contributed by atoms with E-state index in [4.69, 9.17) is 9.72 Å². The van der Waals surface area contributed by atoms with Crippen LogP contribution in [0.2, 0.25) is 0 Å². The Labute approximate surface area is 252 Å². The van der Waals surface area contributed by atoms with Gasteiger partial charge in [0.1, 0.15) is 11.3 Å². The maximum Gasteiger partial charge on any atom is 0.418 e. The van der Waals surface area contributed by atoms with Gasteiger partial charge >= 0.3 is 12.2 Å². The number of ether oxygens (including phenoxy) is 1. The maximum absolute atomic E-state index is 14.5. The lowest BCUT2D eigenvalue weighted by Gasteiger charge is -2.36. The van der Waals surface area contributed by atoms with Crippen molar-refractivity contribution in [1.29, 1.82) is 0 Å². The van der Waals surface area contributed by atoms with Crippen molar-refractivity contribution in [2.45, 2.75) is 12.7 Å². The fourth-order valence-electron chi connectivity index (χ4n) is 6.03. The Balaban J connectivity index is 1.32. The van der Waals surface area contributed by atoms with Crippen molar-refractivity contribution in [3.8, 4) is 11.3 Å². The highest BCUT2D eigenvalue weighted by Gasteiger charge is 2.38. The van der Waals surface area contributed by atoms with Crippen molar-refractivity contribution in [2.24, 2.45) is 0 Å². The van der Waals surface area contributed by atoms with Crippen LogP contribution in [-0.2, 0) is 17.5 Å². The third kappa shape index (κ3) is 5.15. The second-order valence-electron chi connectivity index (χ2n) is 11.1. The molecule has 44 heavy (non-hydrogen) atoms. The Morgan fingerprint density at radius 1 is 0.909 bits per heavy atom. The highest BCUT2D eigenvalue weighted by Crippen LogP contribution is 2.44. The number of hydrogen-bond donors (Lipinski definition) is 1. The lowest BCUT2D eigenvalue weighted by atomic mass is 10.0. The molecule has 2 fully saturated rings. The number of hydrogen-bond acceptors (Lipinski definition) is 8. The average Bonchev–Trinajstić information content (AvgIpc) is 3.05. The smallest absolute Gasteiger partial charge is 0.378 e. The molecule has 0 spiro atoms. The minimum Gasteiger partial charge on any atom is -0.378 e. The van der Waals surface area contributed by atoms with Gasteiger partial charge in [-0.15, -0.1) is 0 Å². The fourth-order valence-corrected chi connectivity index (χ4v) is 6.03. The van der Waals surface area contributed by atoms with Crippen molar-refractivity contribution < 1.29 is 22.7 Å². The number of alkyl halides is 3. The number of piperazine rings is 1. The molecule has 1 aromatic carbocycles. The van der Waals surface area contributed by atoms with Gasteiger partial charge < -0.3 is 24.8 Å². The zero-order valence-electron chi connectivity index (χ0n) is 24.1. The lowest BCUT2D eigenvalue weighted by Crippen LogP contribution is -2.44. The van der Waals surface area contributed by atoms with Crippen LogP contribution in [0.25, 0.3) is 22.3 Å². The van der Waals surface area contributed by atoms with Crippen LogP contribution < -0.4 is 20.0 Å². The van der Waals surface area contributed by atoms with E-state index in [-0.39, 0.29) is 17.9 Å². The monoisotopic (exact) mass is 604 g/mol. The maximum atomic E-state index is 14.5. The van der Waals surface area contributed by atoms with E-state index in [1.54, 1.807) is 30.4 Å². The van der Waals surface area contributed by atoms with E-state index < -0.39 is 17.8 Å². The van der Waals surface area contributed by atoms with Crippen molar-refractivity contribution in [3.63, 3.8) is 0 Å². The molecule has 7 rings (SSSR count). The van der Waals surface area contributed by atoms with Crippen LogP contribution in [0.5, 0.6) is 0 Å².